The first-order valence-corrected chi connectivity index (χ1v) is 10.8. The van der Waals surface area contributed by atoms with Crippen molar-refractivity contribution in [3.63, 3.8) is 0 Å². The smallest absolute Gasteiger partial charge is 0.322 e. The average Bonchev–Trinajstić information content (AvgIpc) is 3.25. The molecule has 0 radical (unpaired) electrons. The molecule has 1 aromatic carbocycles. The third-order valence-electron chi connectivity index (χ3n) is 7.11. The van der Waals surface area contributed by atoms with Crippen LogP contribution in [0.3, 0.4) is 0 Å². The second-order valence-electron chi connectivity index (χ2n) is 8.99. The summed E-state index contributed by atoms with van der Waals surface area (Å²) in [6.45, 7) is 2.27. The fourth-order valence-corrected chi connectivity index (χ4v) is 5.08. The summed E-state index contributed by atoms with van der Waals surface area (Å²) < 4.78 is 35.1. The second kappa shape index (κ2) is 6.60. The Hall–Kier alpha value is -3.34. The van der Waals surface area contributed by atoms with Crippen LogP contribution in [0.4, 0.5) is 19.5 Å². The van der Waals surface area contributed by atoms with Crippen molar-refractivity contribution in [1.29, 1.82) is 0 Å². The van der Waals surface area contributed by atoms with Gasteiger partial charge in [-0.15, -0.1) is 0 Å². The van der Waals surface area contributed by atoms with Gasteiger partial charge in [-0.1, -0.05) is 12.1 Å². The summed E-state index contributed by atoms with van der Waals surface area (Å²) in [5.41, 5.74) is 0.340. The summed E-state index contributed by atoms with van der Waals surface area (Å²) in [5.74, 6) is -2.96. The van der Waals surface area contributed by atoms with Crippen molar-refractivity contribution in [2.75, 3.05) is 18.1 Å². The van der Waals surface area contributed by atoms with Gasteiger partial charge in [0, 0.05) is 36.1 Å². The van der Waals surface area contributed by atoms with Gasteiger partial charge in [0.15, 0.2) is 5.54 Å². The van der Waals surface area contributed by atoms with Crippen molar-refractivity contribution < 1.29 is 28.2 Å². The number of amides is 3. The summed E-state index contributed by atoms with van der Waals surface area (Å²) in [4.78, 5) is 34.8. The summed E-state index contributed by atoms with van der Waals surface area (Å²) in [7, 11) is 0. The number of anilines is 1. The molecule has 3 atom stereocenters. The molecule has 4 heterocycles. The van der Waals surface area contributed by atoms with Gasteiger partial charge in [-0.05, 0) is 19.4 Å². The number of urea groups is 1. The lowest BCUT2D eigenvalue weighted by Gasteiger charge is -2.43. The molecule has 1 spiro atoms. The zero-order valence-electron chi connectivity index (χ0n) is 17.7. The number of rotatable bonds is 2. The fourth-order valence-electron chi connectivity index (χ4n) is 5.08. The average molecular weight is 457 g/mol. The number of aliphatic hydroxyl groups excluding tert-OH is 1. The number of carbonyl (C=O) groups excluding carboxylic acids is 2. The second-order valence-corrected chi connectivity index (χ2v) is 8.99. The van der Waals surface area contributed by atoms with Crippen molar-refractivity contribution in [1.82, 2.24) is 20.6 Å². The van der Waals surface area contributed by atoms with Crippen LogP contribution in [0.2, 0.25) is 0 Å². The van der Waals surface area contributed by atoms with E-state index in [0.29, 0.717) is 28.1 Å². The molecule has 6 rings (SSSR count). The number of aliphatic hydroxyl groups is 1. The quantitative estimate of drug-likeness (QED) is 0.586. The molecule has 9 nitrogen and oxygen atoms in total. The summed E-state index contributed by atoms with van der Waals surface area (Å²) in [5, 5.41) is 14.9. The van der Waals surface area contributed by atoms with Gasteiger partial charge in [0.2, 0.25) is 5.95 Å². The SMILES string of the molecule is C[C@H]1[C@H](O)CN1c1nc(-c2ccc3c(c2)OCCC32NC(=O)NC2=O)c2c(n1)C(F)(F)CC2. The number of carbonyl (C=O) groups is 2. The van der Waals surface area contributed by atoms with Crippen LogP contribution in [0.15, 0.2) is 18.2 Å². The highest BCUT2D eigenvalue weighted by molar-refractivity contribution is 6.08. The Labute approximate surface area is 187 Å². The van der Waals surface area contributed by atoms with Gasteiger partial charge in [-0.2, -0.15) is 8.78 Å². The fraction of sp³-hybridized carbons (Fsp3) is 0.455. The van der Waals surface area contributed by atoms with Crippen molar-refractivity contribution in [3.8, 4) is 17.0 Å². The molecule has 3 amide bonds. The van der Waals surface area contributed by atoms with Crippen molar-refractivity contribution in [2.45, 2.75) is 49.8 Å². The van der Waals surface area contributed by atoms with E-state index in [-0.39, 0.29) is 50.1 Å². The van der Waals surface area contributed by atoms with E-state index >= 15 is 0 Å². The van der Waals surface area contributed by atoms with Crippen LogP contribution in [-0.4, -0.2) is 52.3 Å². The molecular weight excluding hydrogens is 436 g/mol. The first-order valence-electron chi connectivity index (χ1n) is 10.8. The maximum absolute atomic E-state index is 14.7. The number of hydrogen-bond acceptors (Lipinski definition) is 7. The predicted octanol–water partition coefficient (Wildman–Crippen LogP) is 1.57. The highest BCUT2D eigenvalue weighted by Gasteiger charge is 2.51. The minimum absolute atomic E-state index is 0.135. The first kappa shape index (κ1) is 20.3. The number of nitrogens with one attached hydrogen (secondary N) is 2. The number of imide groups is 1. The highest BCUT2D eigenvalue weighted by atomic mass is 19.3. The van der Waals surface area contributed by atoms with Gasteiger partial charge in [-0.25, -0.2) is 14.8 Å². The molecule has 2 aromatic rings. The Bertz CT molecular complexity index is 1220. The molecule has 172 valence electrons. The molecule has 11 heteroatoms. The lowest BCUT2D eigenvalue weighted by Crippen LogP contribution is -2.59. The third-order valence-corrected chi connectivity index (χ3v) is 7.11. The molecule has 3 aliphatic heterocycles. The molecule has 1 aliphatic carbocycles. The zero-order chi connectivity index (χ0) is 23.1. The number of halogens is 2. The number of alkyl halides is 2. The molecular formula is C22H21F2N5O4. The number of hydrogen-bond donors (Lipinski definition) is 3. The zero-order valence-corrected chi connectivity index (χ0v) is 17.7. The number of β-amino-alcohol motifs (C(OH)–C–C–N with tert-alkyl or cyclic N) is 1. The maximum atomic E-state index is 14.7. The van der Waals surface area contributed by atoms with Crippen LogP contribution in [0.1, 0.15) is 36.6 Å². The van der Waals surface area contributed by atoms with Gasteiger partial charge in [0.25, 0.3) is 11.8 Å². The molecule has 1 aromatic heterocycles. The monoisotopic (exact) mass is 457 g/mol. The van der Waals surface area contributed by atoms with Crippen LogP contribution >= 0.6 is 0 Å². The number of benzene rings is 1. The number of fused-ring (bicyclic) bond motifs is 3. The Morgan fingerprint density at radius 3 is 2.76 bits per heavy atom. The molecule has 0 saturated carbocycles. The van der Waals surface area contributed by atoms with E-state index in [4.69, 9.17) is 4.74 Å². The van der Waals surface area contributed by atoms with E-state index in [1.54, 1.807) is 30.0 Å². The minimum atomic E-state index is -3.06. The summed E-state index contributed by atoms with van der Waals surface area (Å²) in [6, 6.07) is 4.20. The normalized spacial score (nSPS) is 29.2. The molecule has 2 saturated heterocycles. The van der Waals surface area contributed by atoms with Crippen LogP contribution in [0.5, 0.6) is 5.75 Å². The third kappa shape index (κ3) is 2.78. The molecule has 0 bridgehead atoms. The lowest BCUT2D eigenvalue weighted by atomic mass is 9.83. The Morgan fingerprint density at radius 2 is 2.06 bits per heavy atom. The van der Waals surface area contributed by atoms with Crippen LogP contribution in [-0.2, 0) is 22.7 Å². The van der Waals surface area contributed by atoms with Crippen molar-refractivity contribution in [3.05, 3.63) is 35.0 Å². The number of aromatic nitrogens is 2. The number of nitrogens with zero attached hydrogens (tertiary/aromatic N) is 3. The highest BCUT2D eigenvalue weighted by Crippen LogP contribution is 2.46. The molecule has 1 unspecified atom stereocenters. The first-order chi connectivity index (χ1) is 15.7. The van der Waals surface area contributed by atoms with E-state index in [0.717, 1.165) is 0 Å². The summed E-state index contributed by atoms with van der Waals surface area (Å²) in [6.07, 6.45) is -0.489. The predicted molar refractivity (Wildman–Crippen MR) is 111 cm³/mol. The van der Waals surface area contributed by atoms with Gasteiger partial charge in [0.1, 0.15) is 11.4 Å². The Balaban J connectivity index is 1.47. The molecule has 3 N–H and O–H groups in total. The van der Waals surface area contributed by atoms with Gasteiger partial charge < -0.3 is 20.1 Å². The molecule has 2 fully saturated rings. The van der Waals surface area contributed by atoms with E-state index in [2.05, 4.69) is 20.6 Å². The Kier molecular flexibility index (Phi) is 4.05. The van der Waals surface area contributed by atoms with Gasteiger partial charge in [-0.3, -0.25) is 10.1 Å². The van der Waals surface area contributed by atoms with Crippen molar-refractivity contribution >= 4 is 17.9 Å². The van der Waals surface area contributed by atoms with E-state index in [9.17, 15) is 23.5 Å². The van der Waals surface area contributed by atoms with E-state index in [1.807, 2.05) is 0 Å². The van der Waals surface area contributed by atoms with Crippen molar-refractivity contribution in [2.24, 2.45) is 0 Å². The topological polar surface area (TPSA) is 117 Å². The van der Waals surface area contributed by atoms with Crippen LogP contribution < -0.4 is 20.3 Å². The number of ether oxygens (including phenoxy) is 1. The minimum Gasteiger partial charge on any atom is -0.493 e. The van der Waals surface area contributed by atoms with E-state index < -0.39 is 29.5 Å². The van der Waals surface area contributed by atoms with Crippen LogP contribution in [0, 0.1) is 0 Å². The van der Waals surface area contributed by atoms with Gasteiger partial charge in [0.05, 0.1) is 24.4 Å². The van der Waals surface area contributed by atoms with Crippen LogP contribution in [0.25, 0.3) is 11.3 Å². The molecule has 33 heavy (non-hydrogen) atoms. The molecule has 4 aliphatic rings. The lowest BCUT2D eigenvalue weighted by molar-refractivity contribution is -0.125. The largest absolute Gasteiger partial charge is 0.493 e. The van der Waals surface area contributed by atoms with E-state index in [1.165, 1.54) is 0 Å². The Morgan fingerprint density at radius 1 is 1.24 bits per heavy atom. The van der Waals surface area contributed by atoms with Gasteiger partial charge >= 0.3 is 6.03 Å². The summed E-state index contributed by atoms with van der Waals surface area (Å²) >= 11 is 0. The maximum Gasteiger partial charge on any atom is 0.322 e. The standard InChI is InChI=1S/C22H21F2N5O4/c1-10-14(30)9-29(10)19-25-16(12-4-5-22(23,24)17(12)26-19)11-2-3-13-15(8-11)33-7-6-21(13)18(31)27-20(32)28-21/h2-3,8,10,14,30H,4-7,9H2,1H3,(H2,27,28,31,32)/t10-,14+,21?/m0/s1.